The van der Waals surface area contributed by atoms with Crippen molar-refractivity contribution in [2.24, 2.45) is 0 Å². The van der Waals surface area contributed by atoms with Gasteiger partial charge in [0.15, 0.2) is 16.9 Å². The van der Waals surface area contributed by atoms with Gasteiger partial charge in [-0.25, -0.2) is 0 Å². The van der Waals surface area contributed by atoms with Crippen LogP contribution in [0.4, 0.5) is 0 Å². The molecule has 0 bridgehead atoms. The molecular formula is C25H22N2O4. The molecule has 6 heteroatoms. The van der Waals surface area contributed by atoms with Gasteiger partial charge in [0.25, 0.3) is 0 Å². The second-order valence-electron chi connectivity index (χ2n) is 7.53. The molecule has 156 valence electrons. The summed E-state index contributed by atoms with van der Waals surface area (Å²) < 4.78 is 13.1. The van der Waals surface area contributed by atoms with Crippen LogP contribution in [0.2, 0.25) is 0 Å². The molecule has 2 heterocycles. The molecule has 1 amide bonds. The highest BCUT2D eigenvalue weighted by Crippen LogP contribution is 2.30. The Bertz CT molecular complexity index is 1280. The number of hydrogen-bond acceptors (Lipinski definition) is 4. The zero-order valence-corrected chi connectivity index (χ0v) is 17.0. The van der Waals surface area contributed by atoms with Crippen LogP contribution < -0.4 is 20.2 Å². The van der Waals surface area contributed by atoms with Crippen molar-refractivity contribution in [3.63, 3.8) is 0 Å². The van der Waals surface area contributed by atoms with Gasteiger partial charge < -0.3 is 19.4 Å². The Kier molecular flexibility index (Phi) is 5.04. The molecule has 6 nitrogen and oxygen atoms in total. The number of aromatic nitrogens is 1. The Morgan fingerprint density at radius 1 is 0.871 bits per heavy atom. The first-order valence-electron chi connectivity index (χ1n) is 10.4. The van der Waals surface area contributed by atoms with E-state index in [9.17, 15) is 9.59 Å². The lowest BCUT2D eigenvalue weighted by molar-refractivity contribution is -0.121. The number of ether oxygens (including phenoxy) is 2. The third-order valence-corrected chi connectivity index (χ3v) is 5.52. The van der Waals surface area contributed by atoms with E-state index in [0.29, 0.717) is 37.0 Å². The minimum Gasteiger partial charge on any atom is -0.486 e. The average molecular weight is 414 g/mol. The number of hydrogen-bond donors (Lipinski definition) is 1. The number of para-hydroxylation sites is 2. The summed E-state index contributed by atoms with van der Waals surface area (Å²) in [7, 11) is 0. The fourth-order valence-corrected chi connectivity index (χ4v) is 4.04. The number of fused-ring (bicyclic) bond motifs is 3. The van der Waals surface area contributed by atoms with Crippen LogP contribution in [0.1, 0.15) is 5.56 Å². The Morgan fingerprint density at radius 2 is 1.52 bits per heavy atom. The molecule has 3 aromatic carbocycles. The fourth-order valence-electron chi connectivity index (χ4n) is 4.04. The largest absolute Gasteiger partial charge is 0.486 e. The molecule has 0 fully saturated rings. The molecule has 0 saturated heterocycles. The summed E-state index contributed by atoms with van der Waals surface area (Å²) in [6.45, 7) is 1.77. The lowest BCUT2D eigenvalue weighted by atomic mass is 10.1. The second kappa shape index (κ2) is 8.14. The van der Waals surface area contributed by atoms with E-state index < -0.39 is 0 Å². The van der Waals surface area contributed by atoms with Crippen molar-refractivity contribution in [1.82, 2.24) is 9.88 Å². The van der Waals surface area contributed by atoms with Crippen LogP contribution in [0, 0.1) is 0 Å². The van der Waals surface area contributed by atoms with E-state index in [0.717, 1.165) is 28.1 Å². The predicted molar refractivity (Wildman–Crippen MR) is 120 cm³/mol. The van der Waals surface area contributed by atoms with Crippen molar-refractivity contribution in [1.29, 1.82) is 0 Å². The minimum atomic E-state index is -0.100. The highest BCUT2D eigenvalue weighted by Gasteiger charge is 2.14. The predicted octanol–water partition coefficient (Wildman–Crippen LogP) is 3.28. The molecule has 1 aromatic heterocycles. The van der Waals surface area contributed by atoms with E-state index in [2.05, 4.69) is 5.32 Å². The van der Waals surface area contributed by atoms with Gasteiger partial charge >= 0.3 is 0 Å². The van der Waals surface area contributed by atoms with Crippen LogP contribution >= 0.6 is 0 Å². The number of carbonyl (C=O) groups is 1. The minimum absolute atomic E-state index is 0.0125. The molecular weight excluding hydrogens is 392 g/mol. The number of pyridine rings is 1. The van der Waals surface area contributed by atoms with Crippen LogP contribution in [-0.2, 0) is 17.8 Å². The highest BCUT2D eigenvalue weighted by molar-refractivity contribution is 5.94. The Labute approximate surface area is 179 Å². The van der Waals surface area contributed by atoms with Crippen LogP contribution in [-0.4, -0.2) is 30.2 Å². The maximum Gasteiger partial charge on any atom is 0.239 e. The molecule has 5 rings (SSSR count). The van der Waals surface area contributed by atoms with Crippen LogP contribution in [0.5, 0.6) is 11.5 Å². The van der Waals surface area contributed by atoms with Gasteiger partial charge in [0, 0.05) is 17.3 Å². The number of amides is 1. The van der Waals surface area contributed by atoms with Gasteiger partial charge in [-0.15, -0.1) is 0 Å². The van der Waals surface area contributed by atoms with Crippen molar-refractivity contribution >= 4 is 27.7 Å². The van der Waals surface area contributed by atoms with Crippen LogP contribution in [0.3, 0.4) is 0 Å². The topological polar surface area (TPSA) is 69.6 Å². The van der Waals surface area contributed by atoms with E-state index >= 15 is 0 Å². The maximum atomic E-state index is 12.8. The lowest BCUT2D eigenvalue weighted by Crippen LogP contribution is -2.30. The van der Waals surface area contributed by atoms with Crippen molar-refractivity contribution in [2.45, 2.75) is 13.0 Å². The third-order valence-electron chi connectivity index (χ3n) is 5.52. The first-order chi connectivity index (χ1) is 15.2. The Balaban J connectivity index is 1.33. The van der Waals surface area contributed by atoms with E-state index in [1.165, 1.54) is 0 Å². The van der Waals surface area contributed by atoms with Gasteiger partial charge in [-0.2, -0.15) is 0 Å². The summed E-state index contributed by atoms with van der Waals surface area (Å²) in [5.41, 5.74) is 2.58. The number of rotatable bonds is 5. The van der Waals surface area contributed by atoms with E-state index in [1.54, 1.807) is 12.1 Å². The second-order valence-corrected chi connectivity index (χ2v) is 7.53. The molecule has 1 N–H and O–H groups in total. The maximum absolute atomic E-state index is 12.8. The monoisotopic (exact) mass is 414 g/mol. The number of carbonyl (C=O) groups excluding carboxylic acids is 1. The third kappa shape index (κ3) is 3.72. The standard InChI is InChI=1S/C25H22N2O4/c28-24(26-12-11-17-9-10-22-23(15-17)31-14-13-30-22)16-27-20-7-3-1-5-18(20)25(29)19-6-2-4-8-21(19)27/h1-10,15H,11-14,16H2,(H,26,28). The quantitative estimate of drug-likeness (QED) is 0.509. The SMILES string of the molecule is O=C(Cn1c2ccccc2c(=O)c2ccccc21)NCCc1ccc2c(c1)OCCO2. The summed E-state index contributed by atoms with van der Waals surface area (Å²) in [4.78, 5) is 25.6. The lowest BCUT2D eigenvalue weighted by Gasteiger charge is -2.19. The molecule has 0 saturated carbocycles. The molecule has 31 heavy (non-hydrogen) atoms. The van der Waals surface area contributed by atoms with E-state index in [-0.39, 0.29) is 17.9 Å². The van der Waals surface area contributed by atoms with Gasteiger partial charge in [-0.05, 0) is 48.4 Å². The molecule has 0 spiro atoms. The van der Waals surface area contributed by atoms with Crippen molar-refractivity contribution in [3.05, 3.63) is 82.5 Å². The average Bonchev–Trinajstić information content (AvgIpc) is 2.82. The van der Waals surface area contributed by atoms with Gasteiger partial charge in [-0.3, -0.25) is 9.59 Å². The first-order valence-corrected chi connectivity index (χ1v) is 10.4. The fraction of sp³-hybridized carbons (Fsp3) is 0.200. The van der Waals surface area contributed by atoms with Crippen molar-refractivity contribution < 1.29 is 14.3 Å². The van der Waals surface area contributed by atoms with Crippen molar-refractivity contribution in [3.8, 4) is 11.5 Å². The van der Waals surface area contributed by atoms with E-state index in [1.807, 2.05) is 59.2 Å². The van der Waals surface area contributed by atoms with Gasteiger partial charge in [0.1, 0.15) is 19.8 Å². The van der Waals surface area contributed by atoms with Crippen molar-refractivity contribution in [2.75, 3.05) is 19.8 Å². The zero-order chi connectivity index (χ0) is 21.2. The zero-order valence-electron chi connectivity index (χ0n) is 17.0. The Hall–Kier alpha value is -3.80. The normalized spacial score (nSPS) is 12.8. The highest BCUT2D eigenvalue weighted by atomic mass is 16.6. The number of benzene rings is 3. The summed E-state index contributed by atoms with van der Waals surface area (Å²) in [5.74, 6) is 1.41. The smallest absolute Gasteiger partial charge is 0.239 e. The molecule has 0 aliphatic carbocycles. The van der Waals surface area contributed by atoms with Gasteiger partial charge in [0.05, 0.1) is 11.0 Å². The van der Waals surface area contributed by atoms with E-state index in [4.69, 9.17) is 9.47 Å². The number of nitrogens with zero attached hydrogens (tertiary/aromatic N) is 1. The van der Waals surface area contributed by atoms with Gasteiger partial charge in [0.2, 0.25) is 5.91 Å². The molecule has 0 unspecified atom stereocenters. The van der Waals surface area contributed by atoms with Gasteiger partial charge in [-0.1, -0.05) is 30.3 Å². The molecule has 0 atom stereocenters. The molecule has 4 aromatic rings. The summed E-state index contributed by atoms with van der Waals surface area (Å²) in [6, 6.07) is 20.7. The summed E-state index contributed by atoms with van der Waals surface area (Å²) in [5, 5.41) is 4.23. The molecule has 1 aliphatic rings. The number of nitrogens with one attached hydrogen (secondary N) is 1. The molecule has 1 aliphatic heterocycles. The summed E-state index contributed by atoms with van der Waals surface area (Å²) >= 11 is 0. The van der Waals surface area contributed by atoms with Crippen LogP contribution in [0.25, 0.3) is 21.8 Å². The summed E-state index contributed by atoms with van der Waals surface area (Å²) in [6.07, 6.45) is 0.689. The van der Waals surface area contributed by atoms with Crippen LogP contribution in [0.15, 0.2) is 71.5 Å². The first kappa shape index (κ1) is 19.2. The Morgan fingerprint density at radius 3 is 2.23 bits per heavy atom. The molecule has 0 radical (unpaired) electrons.